The number of hydrogen-bond donors (Lipinski definition) is 1. The highest BCUT2D eigenvalue weighted by Gasteiger charge is 2.38. The van der Waals surface area contributed by atoms with Crippen LogP contribution in [0.4, 0.5) is 11.6 Å². The summed E-state index contributed by atoms with van der Waals surface area (Å²) in [5, 5.41) is 7.74. The first-order valence-corrected chi connectivity index (χ1v) is 10.9. The molecule has 8 nitrogen and oxygen atoms in total. The molecule has 33 heavy (non-hydrogen) atoms. The molecule has 1 aromatic heterocycles. The van der Waals surface area contributed by atoms with Crippen molar-refractivity contribution in [2.75, 3.05) is 23.4 Å². The summed E-state index contributed by atoms with van der Waals surface area (Å²) in [5.41, 5.74) is 3.55. The lowest BCUT2D eigenvalue weighted by Crippen LogP contribution is -2.40. The fraction of sp³-hybridized carbons (Fsp3) is 0.250. The van der Waals surface area contributed by atoms with Gasteiger partial charge in [-0.1, -0.05) is 47.5 Å². The molecule has 2 heterocycles. The van der Waals surface area contributed by atoms with Gasteiger partial charge in [0.25, 0.3) is 0 Å². The van der Waals surface area contributed by atoms with Crippen molar-refractivity contribution in [1.29, 1.82) is 0 Å². The van der Waals surface area contributed by atoms with E-state index in [9.17, 15) is 9.59 Å². The first kappa shape index (κ1) is 22.5. The number of aryl methyl sites for hydroxylation is 1. The Labute approximate surface area is 196 Å². The number of anilines is 2. The topological polar surface area (TPSA) is 89.3 Å². The van der Waals surface area contributed by atoms with Gasteiger partial charge >= 0.3 is 5.97 Å². The number of nitrogens with one attached hydrogen (secondary N) is 1. The van der Waals surface area contributed by atoms with Crippen molar-refractivity contribution >= 4 is 35.1 Å². The molecule has 3 aromatic rings. The van der Waals surface area contributed by atoms with Crippen LogP contribution >= 0.6 is 11.6 Å². The van der Waals surface area contributed by atoms with Crippen molar-refractivity contribution in [3.05, 3.63) is 82.3 Å². The third-order valence-electron chi connectivity index (χ3n) is 5.41. The number of ether oxygens (including phenoxy) is 1. The zero-order valence-electron chi connectivity index (χ0n) is 18.6. The second kappa shape index (κ2) is 9.46. The number of fused-ring (bicyclic) bond motifs is 1. The summed E-state index contributed by atoms with van der Waals surface area (Å²) in [7, 11) is 0. The molecule has 0 radical (unpaired) electrons. The van der Waals surface area contributed by atoms with Crippen LogP contribution in [-0.2, 0) is 14.3 Å². The van der Waals surface area contributed by atoms with Gasteiger partial charge in [-0.15, -0.1) is 0 Å². The van der Waals surface area contributed by atoms with Crippen LogP contribution in [0.25, 0.3) is 0 Å². The number of carbonyl (C=O) groups excluding carboxylic acids is 2. The van der Waals surface area contributed by atoms with Gasteiger partial charge in [0.1, 0.15) is 18.9 Å². The summed E-state index contributed by atoms with van der Waals surface area (Å²) in [5.74, 6) is -0.280. The predicted molar refractivity (Wildman–Crippen MR) is 126 cm³/mol. The van der Waals surface area contributed by atoms with Gasteiger partial charge in [0.05, 0.1) is 12.2 Å². The van der Waals surface area contributed by atoms with E-state index in [1.54, 1.807) is 47.7 Å². The minimum absolute atomic E-state index is 0.0689. The molecule has 0 spiro atoms. The molecule has 1 N–H and O–H groups in total. The molecular weight excluding hydrogens is 442 g/mol. The van der Waals surface area contributed by atoms with Crippen LogP contribution in [0.5, 0.6) is 0 Å². The van der Waals surface area contributed by atoms with E-state index in [2.05, 4.69) is 15.4 Å². The summed E-state index contributed by atoms with van der Waals surface area (Å²) in [6, 6.07) is 14.3. The van der Waals surface area contributed by atoms with Gasteiger partial charge in [0, 0.05) is 16.4 Å². The van der Waals surface area contributed by atoms with Crippen molar-refractivity contribution in [2.24, 2.45) is 0 Å². The maximum absolute atomic E-state index is 13.1. The number of allylic oxidation sites excluding steroid dienone is 1. The van der Waals surface area contributed by atoms with Crippen LogP contribution in [0.15, 0.2) is 66.1 Å². The predicted octanol–water partition coefficient (Wildman–Crippen LogP) is 4.13. The van der Waals surface area contributed by atoms with Gasteiger partial charge in [-0.3, -0.25) is 4.79 Å². The first-order valence-electron chi connectivity index (χ1n) is 10.6. The Hall–Kier alpha value is -3.65. The number of benzene rings is 2. The number of rotatable bonds is 6. The number of aromatic nitrogens is 3. The lowest BCUT2D eigenvalue weighted by molar-refractivity contribution is -0.139. The number of amides is 1. The highest BCUT2D eigenvalue weighted by atomic mass is 35.5. The molecule has 1 aliphatic heterocycles. The smallest absolute Gasteiger partial charge is 0.338 e. The van der Waals surface area contributed by atoms with Crippen LogP contribution in [0.1, 0.15) is 31.0 Å². The molecule has 170 valence electrons. The molecular formula is C24H24ClN5O3. The molecule has 0 saturated carbocycles. The largest absolute Gasteiger partial charge is 0.463 e. The zero-order chi connectivity index (χ0) is 23.5. The molecule has 0 aliphatic carbocycles. The van der Waals surface area contributed by atoms with Crippen LogP contribution in [0, 0.1) is 6.92 Å². The van der Waals surface area contributed by atoms with Crippen molar-refractivity contribution in [3.63, 3.8) is 0 Å². The third kappa shape index (κ3) is 4.61. The number of halogens is 1. The maximum atomic E-state index is 13.1. The van der Waals surface area contributed by atoms with Gasteiger partial charge in [-0.05, 0) is 44.5 Å². The quantitative estimate of drug-likeness (QED) is 0.551. The molecule has 1 aliphatic rings. The fourth-order valence-electron chi connectivity index (χ4n) is 3.86. The van der Waals surface area contributed by atoms with Crippen molar-refractivity contribution in [1.82, 2.24) is 14.8 Å². The Morgan fingerprint density at radius 2 is 1.91 bits per heavy atom. The van der Waals surface area contributed by atoms with E-state index in [4.69, 9.17) is 16.3 Å². The zero-order valence-corrected chi connectivity index (χ0v) is 19.3. The minimum Gasteiger partial charge on any atom is -0.463 e. The van der Waals surface area contributed by atoms with E-state index in [1.165, 1.54) is 6.33 Å². The Morgan fingerprint density at radius 3 is 2.61 bits per heavy atom. The lowest BCUT2D eigenvalue weighted by atomic mass is 9.94. The number of nitrogens with zero attached hydrogens (tertiary/aromatic N) is 4. The molecule has 1 amide bonds. The standard InChI is InChI=1S/C24H24ClN5O3/c1-4-33-23(32)21-16(3)29(13-20(31)28-19-7-5-6-18(25)12-19)24-26-14-27-30(24)22(21)17-10-8-15(2)9-11-17/h5-12,14,22H,4,13H2,1-3H3,(H,28,31). The Bertz CT molecular complexity index is 1220. The molecule has 4 rings (SSSR count). The van der Waals surface area contributed by atoms with E-state index in [0.29, 0.717) is 27.9 Å². The minimum atomic E-state index is -0.519. The van der Waals surface area contributed by atoms with Crippen molar-refractivity contribution in [2.45, 2.75) is 26.8 Å². The first-order chi connectivity index (χ1) is 15.9. The van der Waals surface area contributed by atoms with Crippen molar-refractivity contribution < 1.29 is 14.3 Å². The monoisotopic (exact) mass is 465 g/mol. The van der Waals surface area contributed by atoms with E-state index >= 15 is 0 Å². The van der Waals surface area contributed by atoms with E-state index in [0.717, 1.165) is 11.1 Å². The highest BCUT2D eigenvalue weighted by Crippen LogP contribution is 2.38. The Morgan fingerprint density at radius 1 is 1.15 bits per heavy atom. The maximum Gasteiger partial charge on any atom is 0.338 e. The van der Waals surface area contributed by atoms with Crippen LogP contribution in [-0.4, -0.2) is 39.8 Å². The average molecular weight is 466 g/mol. The Balaban J connectivity index is 1.73. The van der Waals surface area contributed by atoms with Gasteiger partial charge < -0.3 is 15.0 Å². The number of carbonyl (C=O) groups is 2. The second-order valence-corrected chi connectivity index (χ2v) is 8.12. The molecule has 0 bridgehead atoms. The highest BCUT2D eigenvalue weighted by molar-refractivity contribution is 6.30. The summed E-state index contributed by atoms with van der Waals surface area (Å²) >= 11 is 6.02. The summed E-state index contributed by atoms with van der Waals surface area (Å²) in [6.45, 7) is 5.71. The van der Waals surface area contributed by atoms with E-state index < -0.39 is 12.0 Å². The average Bonchev–Trinajstić information content (AvgIpc) is 3.25. The lowest BCUT2D eigenvalue weighted by Gasteiger charge is -2.35. The Kier molecular flexibility index (Phi) is 6.46. The molecule has 1 unspecified atom stereocenters. The summed E-state index contributed by atoms with van der Waals surface area (Å²) < 4.78 is 7.03. The third-order valence-corrected chi connectivity index (χ3v) is 5.64. The normalized spacial score (nSPS) is 15.3. The summed E-state index contributed by atoms with van der Waals surface area (Å²) in [6.07, 6.45) is 1.42. The molecule has 9 heteroatoms. The van der Waals surface area contributed by atoms with Gasteiger partial charge in [-0.25, -0.2) is 9.48 Å². The molecule has 2 aromatic carbocycles. The molecule has 0 fully saturated rings. The SMILES string of the molecule is CCOC(=O)C1=C(C)N(CC(=O)Nc2cccc(Cl)c2)c2ncnn2C1c1ccc(C)cc1. The van der Waals surface area contributed by atoms with Gasteiger partial charge in [0.2, 0.25) is 11.9 Å². The fourth-order valence-corrected chi connectivity index (χ4v) is 4.05. The van der Waals surface area contributed by atoms with Gasteiger partial charge in [-0.2, -0.15) is 10.1 Å². The van der Waals surface area contributed by atoms with Crippen molar-refractivity contribution in [3.8, 4) is 0 Å². The van der Waals surface area contributed by atoms with E-state index in [-0.39, 0.29) is 19.1 Å². The second-order valence-electron chi connectivity index (χ2n) is 7.68. The molecule has 1 atom stereocenters. The van der Waals surface area contributed by atoms with Crippen LogP contribution in [0.3, 0.4) is 0 Å². The van der Waals surface area contributed by atoms with Gasteiger partial charge in [0.15, 0.2) is 0 Å². The number of esters is 1. The van der Waals surface area contributed by atoms with E-state index in [1.807, 2.05) is 31.2 Å². The number of hydrogen-bond acceptors (Lipinski definition) is 6. The van der Waals surface area contributed by atoms with Crippen LogP contribution < -0.4 is 10.2 Å². The summed E-state index contributed by atoms with van der Waals surface area (Å²) in [4.78, 5) is 32.0. The van der Waals surface area contributed by atoms with Crippen LogP contribution in [0.2, 0.25) is 5.02 Å². The molecule has 0 saturated heterocycles.